The van der Waals surface area contributed by atoms with E-state index in [1.807, 2.05) is 6.07 Å². The zero-order valence-corrected chi connectivity index (χ0v) is 16.6. The predicted octanol–water partition coefficient (Wildman–Crippen LogP) is 2.32. The average molecular weight is 401 g/mol. The van der Waals surface area contributed by atoms with Gasteiger partial charge in [0.05, 0.1) is 11.8 Å². The number of rotatable bonds is 6. The lowest BCUT2D eigenvalue weighted by Crippen LogP contribution is -2.43. The maximum atomic E-state index is 13.1. The third-order valence-electron chi connectivity index (χ3n) is 4.88. The Morgan fingerprint density at radius 3 is 2.36 bits per heavy atom. The fraction of sp³-hybridized carbons (Fsp3) is 0.333. The van der Waals surface area contributed by atoms with Crippen LogP contribution < -0.4 is 4.72 Å². The van der Waals surface area contributed by atoms with Crippen LogP contribution in [0.25, 0.3) is 0 Å². The predicted molar refractivity (Wildman–Crippen MR) is 108 cm³/mol. The number of nitrogens with one attached hydrogen (secondary N) is 1. The Labute approximate surface area is 165 Å². The Morgan fingerprint density at radius 2 is 1.68 bits per heavy atom. The fourth-order valence-electron chi connectivity index (χ4n) is 3.47. The highest BCUT2D eigenvalue weighted by Gasteiger charge is 2.27. The van der Waals surface area contributed by atoms with E-state index in [9.17, 15) is 18.0 Å². The van der Waals surface area contributed by atoms with E-state index in [0.29, 0.717) is 36.3 Å². The van der Waals surface area contributed by atoms with Crippen molar-refractivity contribution in [2.75, 3.05) is 25.9 Å². The van der Waals surface area contributed by atoms with E-state index in [-0.39, 0.29) is 17.6 Å². The molecule has 0 spiro atoms. The largest absolute Gasteiger partial charge is 0.338 e. The minimum atomic E-state index is -3.26. The van der Waals surface area contributed by atoms with Gasteiger partial charge in [-0.3, -0.25) is 9.59 Å². The van der Waals surface area contributed by atoms with Crippen molar-refractivity contribution >= 4 is 21.7 Å². The van der Waals surface area contributed by atoms with Gasteiger partial charge in [-0.25, -0.2) is 13.1 Å². The van der Waals surface area contributed by atoms with Gasteiger partial charge in [0.15, 0.2) is 5.78 Å². The minimum Gasteiger partial charge on any atom is -0.338 e. The summed E-state index contributed by atoms with van der Waals surface area (Å²) >= 11 is 0. The van der Waals surface area contributed by atoms with Gasteiger partial charge in [0.2, 0.25) is 10.0 Å². The number of carbonyl (C=O) groups is 2. The molecule has 0 bridgehead atoms. The molecule has 0 saturated carbocycles. The minimum absolute atomic E-state index is 0.0596. The summed E-state index contributed by atoms with van der Waals surface area (Å²) in [6.45, 7) is 1.38. The van der Waals surface area contributed by atoms with Crippen LogP contribution in [-0.4, -0.2) is 50.9 Å². The van der Waals surface area contributed by atoms with E-state index in [4.69, 9.17) is 0 Å². The Hall–Kier alpha value is -2.51. The topological polar surface area (TPSA) is 83.6 Å². The highest BCUT2D eigenvalue weighted by atomic mass is 32.2. The van der Waals surface area contributed by atoms with E-state index >= 15 is 0 Å². The number of amides is 1. The second-order valence-electron chi connectivity index (χ2n) is 7.12. The van der Waals surface area contributed by atoms with Crippen LogP contribution in [-0.2, 0) is 10.0 Å². The first-order chi connectivity index (χ1) is 13.3. The lowest BCUT2D eigenvalue weighted by Gasteiger charge is -2.33. The van der Waals surface area contributed by atoms with Crippen LogP contribution in [0.4, 0.5) is 0 Å². The Balaban J connectivity index is 1.78. The van der Waals surface area contributed by atoms with Crippen LogP contribution >= 0.6 is 0 Å². The van der Waals surface area contributed by atoms with Crippen molar-refractivity contribution < 1.29 is 18.0 Å². The maximum absolute atomic E-state index is 13.1. The number of likely N-dealkylation sites (tertiary alicyclic amines) is 1. The van der Waals surface area contributed by atoms with Gasteiger partial charge in [-0.15, -0.1) is 0 Å². The monoisotopic (exact) mass is 400 g/mol. The molecule has 1 heterocycles. The summed E-state index contributed by atoms with van der Waals surface area (Å²) in [7, 11) is -3.26. The molecule has 1 aliphatic rings. The number of sulfonamides is 1. The third kappa shape index (κ3) is 5.05. The molecule has 28 heavy (non-hydrogen) atoms. The van der Waals surface area contributed by atoms with Crippen molar-refractivity contribution in [2.45, 2.75) is 12.8 Å². The Kier molecular flexibility index (Phi) is 6.26. The summed E-state index contributed by atoms with van der Waals surface area (Å²) in [5, 5.41) is 0. The quantitative estimate of drug-likeness (QED) is 0.755. The highest BCUT2D eigenvalue weighted by molar-refractivity contribution is 7.88. The molecule has 0 radical (unpaired) electrons. The number of nitrogens with zero attached hydrogens (tertiary/aromatic N) is 1. The maximum Gasteiger partial charge on any atom is 0.254 e. The second kappa shape index (κ2) is 8.67. The molecule has 0 aliphatic carbocycles. The summed E-state index contributed by atoms with van der Waals surface area (Å²) in [6.07, 6.45) is 2.79. The van der Waals surface area contributed by atoms with E-state index in [2.05, 4.69) is 4.72 Å². The van der Waals surface area contributed by atoms with Gasteiger partial charge < -0.3 is 4.90 Å². The van der Waals surface area contributed by atoms with Gasteiger partial charge in [0, 0.05) is 30.8 Å². The molecule has 1 amide bonds. The van der Waals surface area contributed by atoms with E-state index in [1.165, 1.54) is 0 Å². The van der Waals surface area contributed by atoms with Gasteiger partial charge in [0.25, 0.3) is 5.91 Å². The summed E-state index contributed by atoms with van der Waals surface area (Å²) in [5.74, 6) is -0.315. The van der Waals surface area contributed by atoms with Crippen molar-refractivity contribution in [1.29, 1.82) is 0 Å². The first kappa shape index (κ1) is 20.2. The Bertz CT molecular complexity index is 957. The van der Waals surface area contributed by atoms with Crippen LogP contribution in [0.3, 0.4) is 0 Å². The lowest BCUT2D eigenvalue weighted by molar-refractivity contribution is 0.0673. The lowest BCUT2D eigenvalue weighted by atomic mass is 9.95. The second-order valence-corrected chi connectivity index (χ2v) is 8.95. The standard InChI is InChI=1S/C21H24N2O4S/c1-28(26,27)22-14-16-8-7-13-23(15-16)21(25)19-12-6-5-11-18(19)20(24)17-9-3-2-4-10-17/h2-6,9-12,16,22H,7-8,13-15H2,1H3/t16-/m0/s1. The SMILES string of the molecule is CS(=O)(=O)NC[C@@H]1CCCN(C(=O)c2ccccc2C(=O)c2ccccc2)C1. The van der Waals surface area contributed by atoms with Crippen molar-refractivity contribution in [3.05, 3.63) is 71.3 Å². The van der Waals surface area contributed by atoms with Gasteiger partial charge in [0.1, 0.15) is 0 Å². The zero-order valence-electron chi connectivity index (χ0n) is 15.8. The fourth-order valence-corrected chi connectivity index (χ4v) is 4.01. The number of carbonyl (C=O) groups excluding carboxylic acids is 2. The number of hydrogen-bond acceptors (Lipinski definition) is 4. The molecule has 148 valence electrons. The van der Waals surface area contributed by atoms with Crippen molar-refractivity contribution in [2.24, 2.45) is 5.92 Å². The third-order valence-corrected chi connectivity index (χ3v) is 5.57. The number of benzene rings is 2. The molecule has 3 rings (SSSR count). The molecule has 1 fully saturated rings. The molecule has 1 saturated heterocycles. The molecular formula is C21H24N2O4S. The molecule has 0 aromatic heterocycles. The zero-order chi connectivity index (χ0) is 20.1. The summed E-state index contributed by atoms with van der Waals surface area (Å²) in [4.78, 5) is 27.7. The first-order valence-electron chi connectivity index (χ1n) is 9.28. The van der Waals surface area contributed by atoms with Gasteiger partial charge >= 0.3 is 0 Å². The van der Waals surface area contributed by atoms with Crippen LogP contribution in [0.15, 0.2) is 54.6 Å². The number of piperidine rings is 1. The van der Waals surface area contributed by atoms with Crippen LogP contribution in [0.1, 0.15) is 39.1 Å². The number of hydrogen-bond donors (Lipinski definition) is 1. The normalized spacial score (nSPS) is 17.3. The highest BCUT2D eigenvalue weighted by Crippen LogP contribution is 2.21. The molecule has 2 aromatic rings. The summed E-state index contributed by atoms with van der Waals surface area (Å²) in [5.41, 5.74) is 1.31. The van der Waals surface area contributed by atoms with E-state index < -0.39 is 10.0 Å². The molecule has 1 N–H and O–H groups in total. The number of ketones is 1. The van der Waals surface area contributed by atoms with Crippen molar-refractivity contribution in [3.8, 4) is 0 Å². The van der Waals surface area contributed by atoms with Gasteiger partial charge in [-0.05, 0) is 24.8 Å². The average Bonchev–Trinajstić information content (AvgIpc) is 2.71. The molecule has 7 heteroatoms. The van der Waals surface area contributed by atoms with Gasteiger partial charge in [-0.2, -0.15) is 0 Å². The van der Waals surface area contributed by atoms with Crippen LogP contribution in [0.2, 0.25) is 0 Å². The van der Waals surface area contributed by atoms with Gasteiger partial charge in [-0.1, -0.05) is 48.5 Å². The summed E-state index contributed by atoms with van der Waals surface area (Å²) in [6, 6.07) is 15.8. The Morgan fingerprint density at radius 1 is 1.04 bits per heavy atom. The molecule has 2 aromatic carbocycles. The smallest absolute Gasteiger partial charge is 0.254 e. The van der Waals surface area contributed by atoms with Crippen molar-refractivity contribution in [3.63, 3.8) is 0 Å². The van der Waals surface area contributed by atoms with Crippen molar-refractivity contribution in [1.82, 2.24) is 9.62 Å². The summed E-state index contributed by atoms with van der Waals surface area (Å²) < 4.78 is 25.2. The molecule has 1 aliphatic heterocycles. The molecule has 1 atom stereocenters. The van der Waals surface area contributed by atoms with E-state index in [0.717, 1.165) is 19.1 Å². The molecule has 0 unspecified atom stereocenters. The van der Waals surface area contributed by atoms with E-state index in [1.54, 1.807) is 53.4 Å². The molecule has 6 nitrogen and oxygen atoms in total. The van der Waals surface area contributed by atoms with Crippen LogP contribution in [0, 0.1) is 5.92 Å². The molecular weight excluding hydrogens is 376 g/mol. The van der Waals surface area contributed by atoms with Crippen LogP contribution in [0.5, 0.6) is 0 Å². The first-order valence-corrected chi connectivity index (χ1v) is 11.2.